The molecule has 1 aromatic carbocycles. The molecule has 0 radical (unpaired) electrons. The Morgan fingerprint density at radius 1 is 1.25 bits per heavy atom. The van der Waals surface area contributed by atoms with Crippen LogP contribution in [0, 0.1) is 0 Å². The molecule has 0 amide bonds. The maximum Gasteiger partial charge on any atom is 0.311 e. The molecule has 0 saturated heterocycles. The number of hydrogen-bond donors (Lipinski definition) is 0. The number of rotatable bonds is 6. The quantitative estimate of drug-likeness (QED) is 0.320. The molecule has 0 atom stereocenters. The monoisotopic (exact) mass is 220 g/mol. The molecule has 1 rings (SSSR count). The Balaban J connectivity index is 2.40. The molecule has 0 bridgehead atoms. The molecule has 0 aliphatic rings. The third-order valence-electron chi connectivity index (χ3n) is 2.23. The van der Waals surface area contributed by atoms with E-state index in [0.717, 1.165) is 25.5 Å². The zero-order valence-electron chi connectivity index (χ0n) is 9.44. The molecule has 0 N–H and O–H groups in total. The van der Waals surface area contributed by atoms with Gasteiger partial charge >= 0.3 is 5.97 Å². The van der Waals surface area contributed by atoms with Crippen LogP contribution in [0.15, 0.2) is 24.3 Å². The van der Waals surface area contributed by atoms with E-state index in [2.05, 4.69) is 6.92 Å². The second-order valence-corrected chi connectivity index (χ2v) is 3.62. The highest BCUT2D eigenvalue weighted by Crippen LogP contribution is 2.12. The number of ether oxygens (including phenoxy) is 1. The van der Waals surface area contributed by atoms with Crippen molar-refractivity contribution in [1.29, 1.82) is 0 Å². The average molecular weight is 220 g/mol. The van der Waals surface area contributed by atoms with Gasteiger partial charge in [-0.3, -0.25) is 9.59 Å². The van der Waals surface area contributed by atoms with Crippen LogP contribution in [0.1, 0.15) is 43.0 Å². The van der Waals surface area contributed by atoms with Crippen LogP contribution >= 0.6 is 0 Å². The van der Waals surface area contributed by atoms with Crippen molar-refractivity contribution in [2.75, 3.05) is 0 Å². The Kier molecular flexibility index (Phi) is 5.26. The van der Waals surface area contributed by atoms with Crippen molar-refractivity contribution in [3.63, 3.8) is 0 Å². The number of carbonyl (C=O) groups is 2. The van der Waals surface area contributed by atoms with Gasteiger partial charge in [0.05, 0.1) is 0 Å². The average Bonchev–Trinajstić information content (AvgIpc) is 2.30. The van der Waals surface area contributed by atoms with Crippen LogP contribution in [0.25, 0.3) is 0 Å². The highest BCUT2D eigenvalue weighted by Gasteiger charge is 2.03. The number of carbonyl (C=O) groups excluding carboxylic acids is 2. The largest absolute Gasteiger partial charge is 0.427 e. The van der Waals surface area contributed by atoms with Crippen molar-refractivity contribution in [2.24, 2.45) is 0 Å². The maximum atomic E-state index is 11.3. The fourth-order valence-electron chi connectivity index (χ4n) is 1.32. The van der Waals surface area contributed by atoms with Gasteiger partial charge in [0.15, 0.2) is 0 Å². The van der Waals surface area contributed by atoms with Gasteiger partial charge in [-0.25, -0.2) is 0 Å². The number of hydrogen-bond acceptors (Lipinski definition) is 3. The molecule has 0 heterocycles. The molecular formula is C13H16O3. The van der Waals surface area contributed by atoms with E-state index in [9.17, 15) is 9.59 Å². The van der Waals surface area contributed by atoms with Crippen LogP contribution in [-0.2, 0) is 4.79 Å². The van der Waals surface area contributed by atoms with Gasteiger partial charge in [-0.1, -0.05) is 19.8 Å². The Bertz CT molecular complexity index is 341. The van der Waals surface area contributed by atoms with Crippen LogP contribution in [0.2, 0.25) is 0 Å². The van der Waals surface area contributed by atoms with E-state index in [0.29, 0.717) is 17.7 Å². The topological polar surface area (TPSA) is 43.4 Å². The molecular weight excluding hydrogens is 204 g/mol. The summed E-state index contributed by atoms with van der Waals surface area (Å²) >= 11 is 0. The highest BCUT2D eigenvalue weighted by molar-refractivity contribution is 5.76. The highest BCUT2D eigenvalue weighted by atomic mass is 16.5. The van der Waals surface area contributed by atoms with Gasteiger partial charge in [0.1, 0.15) is 12.0 Å². The molecule has 0 aliphatic carbocycles. The van der Waals surface area contributed by atoms with Crippen LogP contribution in [0.4, 0.5) is 0 Å². The first-order valence-electron chi connectivity index (χ1n) is 5.52. The molecule has 0 fully saturated rings. The lowest BCUT2D eigenvalue weighted by Gasteiger charge is -2.03. The molecule has 86 valence electrons. The summed E-state index contributed by atoms with van der Waals surface area (Å²) < 4.78 is 5.11. The standard InChI is InChI=1S/C13H16O3/c1-2-3-4-5-13(15)16-12-8-6-11(10-14)7-9-12/h6-10H,2-5H2,1H3. The third kappa shape index (κ3) is 4.26. The Morgan fingerprint density at radius 2 is 1.94 bits per heavy atom. The van der Waals surface area contributed by atoms with Crippen LogP contribution < -0.4 is 4.74 Å². The second-order valence-electron chi connectivity index (χ2n) is 3.62. The smallest absolute Gasteiger partial charge is 0.311 e. The minimum absolute atomic E-state index is 0.215. The lowest BCUT2D eigenvalue weighted by Crippen LogP contribution is -2.07. The van der Waals surface area contributed by atoms with Gasteiger partial charge < -0.3 is 4.74 Å². The summed E-state index contributed by atoms with van der Waals surface area (Å²) in [5.41, 5.74) is 0.575. The van der Waals surface area contributed by atoms with Crippen molar-refractivity contribution in [3.05, 3.63) is 29.8 Å². The van der Waals surface area contributed by atoms with E-state index in [1.165, 1.54) is 0 Å². The molecule has 0 spiro atoms. The summed E-state index contributed by atoms with van der Waals surface area (Å²) in [6, 6.07) is 6.51. The van der Waals surface area contributed by atoms with E-state index in [-0.39, 0.29) is 5.97 Å². The normalized spacial score (nSPS) is 9.81. The second kappa shape index (κ2) is 6.77. The minimum atomic E-state index is -0.215. The van der Waals surface area contributed by atoms with Gasteiger partial charge in [-0.05, 0) is 30.7 Å². The van der Waals surface area contributed by atoms with Crippen molar-refractivity contribution in [3.8, 4) is 5.75 Å². The van der Waals surface area contributed by atoms with Crippen LogP contribution in [0.3, 0.4) is 0 Å². The van der Waals surface area contributed by atoms with Crippen molar-refractivity contribution in [1.82, 2.24) is 0 Å². The first-order chi connectivity index (χ1) is 7.76. The van der Waals surface area contributed by atoms with E-state index < -0.39 is 0 Å². The minimum Gasteiger partial charge on any atom is -0.427 e. The summed E-state index contributed by atoms with van der Waals surface area (Å²) in [5, 5.41) is 0. The first-order valence-corrected chi connectivity index (χ1v) is 5.52. The van der Waals surface area contributed by atoms with E-state index in [1.807, 2.05) is 0 Å². The van der Waals surface area contributed by atoms with Gasteiger partial charge in [0.25, 0.3) is 0 Å². The van der Waals surface area contributed by atoms with E-state index >= 15 is 0 Å². The Hall–Kier alpha value is -1.64. The molecule has 0 aliphatic heterocycles. The molecule has 0 unspecified atom stereocenters. The summed E-state index contributed by atoms with van der Waals surface area (Å²) in [4.78, 5) is 21.8. The third-order valence-corrected chi connectivity index (χ3v) is 2.23. The molecule has 16 heavy (non-hydrogen) atoms. The summed E-state index contributed by atoms with van der Waals surface area (Å²) in [6.07, 6.45) is 4.19. The number of benzene rings is 1. The zero-order valence-corrected chi connectivity index (χ0v) is 9.44. The number of esters is 1. The van der Waals surface area contributed by atoms with Gasteiger partial charge in [-0.2, -0.15) is 0 Å². The van der Waals surface area contributed by atoms with Crippen molar-refractivity contribution in [2.45, 2.75) is 32.6 Å². The predicted molar refractivity (Wildman–Crippen MR) is 61.6 cm³/mol. The van der Waals surface area contributed by atoms with Crippen molar-refractivity contribution >= 4 is 12.3 Å². The maximum absolute atomic E-state index is 11.3. The molecule has 0 saturated carbocycles. The number of aldehydes is 1. The Morgan fingerprint density at radius 3 is 2.50 bits per heavy atom. The molecule has 3 heteroatoms. The Labute approximate surface area is 95.4 Å². The zero-order chi connectivity index (χ0) is 11.8. The number of unbranched alkanes of at least 4 members (excludes halogenated alkanes) is 2. The predicted octanol–water partition coefficient (Wildman–Crippen LogP) is 2.98. The van der Waals surface area contributed by atoms with Crippen LogP contribution in [0.5, 0.6) is 5.75 Å². The molecule has 1 aromatic rings. The van der Waals surface area contributed by atoms with Crippen LogP contribution in [-0.4, -0.2) is 12.3 Å². The molecule has 3 nitrogen and oxygen atoms in total. The summed E-state index contributed by atoms with van der Waals surface area (Å²) in [5.74, 6) is 0.277. The molecule has 0 aromatic heterocycles. The van der Waals surface area contributed by atoms with Gasteiger partial charge in [0, 0.05) is 12.0 Å². The van der Waals surface area contributed by atoms with E-state index in [4.69, 9.17) is 4.74 Å². The fourth-order valence-corrected chi connectivity index (χ4v) is 1.32. The SMILES string of the molecule is CCCCCC(=O)Oc1ccc(C=O)cc1. The summed E-state index contributed by atoms with van der Waals surface area (Å²) in [6.45, 7) is 2.09. The lowest BCUT2D eigenvalue weighted by molar-refractivity contribution is -0.134. The first kappa shape index (κ1) is 12.4. The van der Waals surface area contributed by atoms with Crippen molar-refractivity contribution < 1.29 is 14.3 Å². The fraction of sp³-hybridized carbons (Fsp3) is 0.385. The van der Waals surface area contributed by atoms with Gasteiger partial charge in [-0.15, -0.1) is 0 Å². The lowest BCUT2D eigenvalue weighted by atomic mass is 10.2. The summed E-state index contributed by atoms with van der Waals surface area (Å²) in [7, 11) is 0. The van der Waals surface area contributed by atoms with Gasteiger partial charge in [0.2, 0.25) is 0 Å². The van der Waals surface area contributed by atoms with E-state index in [1.54, 1.807) is 24.3 Å².